The van der Waals surface area contributed by atoms with Crippen LogP contribution in [0.2, 0.25) is 5.02 Å². The smallest absolute Gasteiger partial charge is 0.255 e. The minimum Gasteiger partial charge on any atom is -0.473 e. The zero-order valence-corrected chi connectivity index (χ0v) is 13.0. The molecule has 0 spiro atoms. The van der Waals surface area contributed by atoms with E-state index in [1.54, 1.807) is 23.5 Å². The van der Waals surface area contributed by atoms with Gasteiger partial charge in [0.2, 0.25) is 5.88 Å². The van der Waals surface area contributed by atoms with E-state index in [0.717, 1.165) is 6.07 Å². The molecule has 1 aliphatic heterocycles. The molecule has 0 aliphatic carbocycles. The Bertz CT molecular complexity index is 691. The van der Waals surface area contributed by atoms with E-state index in [-0.39, 0.29) is 17.0 Å². The topological polar surface area (TPSA) is 55.3 Å². The van der Waals surface area contributed by atoms with Crippen molar-refractivity contribution < 1.29 is 13.9 Å². The summed E-state index contributed by atoms with van der Waals surface area (Å²) in [5, 5.41) is 0.132. The van der Waals surface area contributed by atoms with Gasteiger partial charge in [-0.2, -0.15) is 0 Å². The van der Waals surface area contributed by atoms with Crippen molar-refractivity contribution in [3.05, 3.63) is 53.2 Å². The Labute approximate surface area is 138 Å². The van der Waals surface area contributed by atoms with Crippen LogP contribution < -0.4 is 4.74 Å². The molecule has 1 aromatic heterocycles. The maximum atomic E-state index is 13.1. The molecule has 5 nitrogen and oxygen atoms in total. The Morgan fingerprint density at radius 3 is 2.74 bits per heavy atom. The van der Waals surface area contributed by atoms with Crippen LogP contribution in [0.5, 0.6) is 5.88 Å². The highest BCUT2D eigenvalue weighted by atomic mass is 35.5. The van der Waals surface area contributed by atoms with Gasteiger partial charge in [0.05, 0.1) is 16.8 Å². The van der Waals surface area contributed by atoms with Gasteiger partial charge in [-0.3, -0.25) is 9.78 Å². The van der Waals surface area contributed by atoms with Gasteiger partial charge in [0.1, 0.15) is 11.9 Å². The van der Waals surface area contributed by atoms with Crippen LogP contribution in [0.3, 0.4) is 0 Å². The highest BCUT2D eigenvalue weighted by Crippen LogP contribution is 2.22. The number of halogens is 2. The van der Waals surface area contributed by atoms with Crippen LogP contribution in [0.1, 0.15) is 23.2 Å². The summed E-state index contributed by atoms with van der Waals surface area (Å²) in [6.45, 7) is 1.11. The van der Waals surface area contributed by atoms with E-state index in [1.807, 2.05) is 0 Å². The first-order valence-electron chi connectivity index (χ1n) is 7.30. The van der Waals surface area contributed by atoms with Crippen LogP contribution in [-0.4, -0.2) is 40.0 Å². The molecule has 120 valence electrons. The lowest BCUT2D eigenvalue weighted by atomic mass is 10.1. The van der Waals surface area contributed by atoms with Gasteiger partial charge in [0.15, 0.2) is 0 Å². The summed E-state index contributed by atoms with van der Waals surface area (Å²) in [5.41, 5.74) is 0.321. The molecular formula is C16H15ClFN3O2. The Morgan fingerprint density at radius 1 is 1.30 bits per heavy atom. The molecule has 1 fully saturated rings. The van der Waals surface area contributed by atoms with Crippen molar-refractivity contribution in [2.24, 2.45) is 0 Å². The standard InChI is InChI=1S/C16H15ClFN3O2/c17-14-9-11(18)1-2-13(14)16(22)21-7-3-12(4-8-21)23-15-10-19-5-6-20-15/h1-2,5-6,9-10,12H,3-4,7-8H2. The highest BCUT2D eigenvalue weighted by molar-refractivity contribution is 6.33. The van der Waals surface area contributed by atoms with Crippen molar-refractivity contribution >= 4 is 17.5 Å². The van der Waals surface area contributed by atoms with E-state index in [0.29, 0.717) is 37.4 Å². The maximum Gasteiger partial charge on any atom is 0.255 e. The molecular weight excluding hydrogens is 321 g/mol. The molecule has 1 aliphatic rings. The van der Waals surface area contributed by atoms with E-state index in [2.05, 4.69) is 9.97 Å². The SMILES string of the molecule is O=C(c1ccc(F)cc1Cl)N1CCC(Oc2cnccn2)CC1. The number of ether oxygens (including phenoxy) is 1. The van der Waals surface area contributed by atoms with Crippen LogP contribution in [-0.2, 0) is 0 Å². The summed E-state index contributed by atoms with van der Waals surface area (Å²) in [5.74, 6) is -0.158. The quantitative estimate of drug-likeness (QED) is 0.865. The second kappa shape index (κ2) is 6.91. The van der Waals surface area contributed by atoms with Crippen LogP contribution >= 0.6 is 11.6 Å². The lowest BCUT2D eigenvalue weighted by Crippen LogP contribution is -2.42. The number of carbonyl (C=O) groups excluding carboxylic acids is 1. The van der Waals surface area contributed by atoms with Gasteiger partial charge in [-0.25, -0.2) is 9.37 Å². The Balaban J connectivity index is 1.59. The number of carbonyl (C=O) groups is 1. The summed E-state index contributed by atoms with van der Waals surface area (Å²) in [4.78, 5) is 22.2. The average Bonchev–Trinajstić information content (AvgIpc) is 2.56. The van der Waals surface area contributed by atoms with Crippen molar-refractivity contribution in [3.8, 4) is 5.88 Å². The fourth-order valence-electron chi connectivity index (χ4n) is 2.53. The van der Waals surface area contributed by atoms with E-state index in [1.165, 1.54) is 12.1 Å². The minimum atomic E-state index is -0.456. The van der Waals surface area contributed by atoms with Gasteiger partial charge >= 0.3 is 0 Å². The van der Waals surface area contributed by atoms with Crippen LogP contribution in [0.4, 0.5) is 4.39 Å². The number of piperidine rings is 1. The summed E-state index contributed by atoms with van der Waals surface area (Å²) in [7, 11) is 0. The van der Waals surface area contributed by atoms with Crippen molar-refractivity contribution in [1.82, 2.24) is 14.9 Å². The molecule has 23 heavy (non-hydrogen) atoms. The molecule has 0 bridgehead atoms. The number of amides is 1. The van der Waals surface area contributed by atoms with Crippen LogP contribution in [0.25, 0.3) is 0 Å². The summed E-state index contributed by atoms with van der Waals surface area (Å²) in [6.07, 6.45) is 6.11. The number of hydrogen-bond acceptors (Lipinski definition) is 4. The van der Waals surface area contributed by atoms with Crippen molar-refractivity contribution in [2.75, 3.05) is 13.1 Å². The first-order valence-corrected chi connectivity index (χ1v) is 7.68. The van der Waals surface area contributed by atoms with Crippen LogP contribution in [0, 0.1) is 5.82 Å². The predicted octanol–water partition coefficient (Wildman–Crippen LogP) is 2.95. The number of hydrogen-bond donors (Lipinski definition) is 0. The van der Waals surface area contributed by atoms with Gasteiger partial charge < -0.3 is 9.64 Å². The van der Waals surface area contributed by atoms with Gasteiger partial charge in [-0.1, -0.05) is 11.6 Å². The zero-order chi connectivity index (χ0) is 16.2. The predicted molar refractivity (Wildman–Crippen MR) is 83.0 cm³/mol. The number of nitrogens with zero attached hydrogens (tertiary/aromatic N) is 3. The van der Waals surface area contributed by atoms with Gasteiger partial charge in [-0.15, -0.1) is 0 Å². The van der Waals surface area contributed by atoms with E-state index >= 15 is 0 Å². The average molecular weight is 336 g/mol. The minimum absolute atomic E-state index is 0.000519. The fourth-order valence-corrected chi connectivity index (χ4v) is 2.78. The third-order valence-corrected chi connectivity index (χ3v) is 4.03. The molecule has 3 rings (SSSR count). The number of rotatable bonds is 3. The lowest BCUT2D eigenvalue weighted by Gasteiger charge is -2.32. The molecule has 1 aromatic carbocycles. The molecule has 0 atom stereocenters. The Kier molecular flexibility index (Phi) is 4.71. The summed E-state index contributed by atoms with van der Waals surface area (Å²) in [6, 6.07) is 3.81. The molecule has 7 heteroatoms. The normalized spacial score (nSPS) is 15.5. The first kappa shape index (κ1) is 15.7. The molecule has 0 unspecified atom stereocenters. The monoisotopic (exact) mass is 335 g/mol. The third kappa shape index (κ3) is 3.76. The Morgan fingerprint density at radius 2 is 2.09 bits per heavy atom. The number of benzene rings is 1. The van der Waals surface area contributed by atoms with Crippen molar-refractivity contribution in [2.45, 2.75) is 18.9 Å². The summed E-state index contributed by atoms with van der Waals surface area (Å²) < 4.78 is 18.8. The van der Waals surface area contributed by atoms with Crippen molar-refractivity contribution in [3.63, 3.8) is 0 Å². The molecule has 1 amide bonds. The molecule has 0 saturated carbocycles. The summed E-state index contributed by atoms with van der Waals surface area (Å²) >= 11 is 5.95. The van der Waals surface area contributed by atoms with Gasteiger partial charge in [-0.05, 0) is 18.2 Å². The molecule has 2 heterocycles. The molecule has 0 N–H and O–H groups in total. The second-order valence-corrected chi connectivity index (χ2v) is 5.68. The first-order chi connectivity index (χ1) is 11.1. The van der Waals surface area contributed by atoms with Gasteiger partial charge in [0, 0.05) is 38.3 Å². The second-order valence-electron chi connectivity index (χ2n) is 5.28. The maximum absolute atomic E-state index is 13.1. The van der Waals surface area contributed by atoms with Crippen LogP contribution in [0.15, 0.2) is 36.8 Å². The number of likely N-dealkylation sites (tertiary alicyclic amines) is 1. The third-order valence-electron chi connectivity index (χ3n) is 3.72. The zero-order valence-electron chi connectivity index (χ0n) is 12.3. The van der Waals surface area contributed by atoms with E-state index in [4.69, 9.17) is 16.3 Å². The van der Waals surface area contributed by atoms with E-state index in [9.17, 15) is 9.18 Å². The highest BCUT2D eigenvalue weighted by Gasteiger charge is 2.26. The molecule has 0 radical (unpaired) electrons. The lowest BCUT2D eigenvalue weighted by molar-refractivity contribution is 0.0587. The van der Waals surface area contributed by atoms with E-state index < -0.39 is 5.82 Å². The molecule has 1 saturated heterocycles. The fraction of sp³-hybridized carbons (Fsp3) is 0.312. The molecule has 2 aromatic rings. The largest absolute Gasteiger partial charge is 0.473 e. The van der Waals surface area contributed by atoms with Gasteiger partial charge in [0.25, 0.3) is 5.91 Å². The Hall–Kier alpha value is -2.21. The van der Waals surface area contributed by atoms with Crippen molar-refractivity contribution in [1.29, 1.82) is 0 Å². The number of aromatic nitrogens is 2.